The number of aliphatic imine (C=N–C) groups is 1. The molecule has 0 aliphatic rings. The van der Waals surface area contributed by atoms with E-state index in [0.717, 1.165) is 0 Å². The van der Waals surface area contributed by atoms with Gasteiger partial charge in [0.15, 0.2) is 5.96 Å². The summed E-state index contributed by atoms with van der Waals surface area (Å²) in [5.41, 5.74) is 16.1. The molecule has 0 aliphatic heterocycles. The second kappa shape index (κ2) is 16.9. The van der Waals surface area contributed by atoms with Crippen LogP contribution in [0.1, 0.15) is 38.5 Å². The van der Waals surface area contributed by atoms with Gasteiger partial charge in [-0.25, -0.2) is 4.79 Å². The van der Waals surface area contributed by atoms with Crippen LogP contribution in [-0.4, -0.2) is 93.4 Å². The van der Waals surface area contributed by atoms with E-state index in [2.05, 4.69) is 33.6 Å². The molecule has 0 saturated heterocycles. The topological polar surface area (TPSA) is 290 Å². The van der Waals surface area contributed by atoms with E-state index in [0.29, 0.717) is 0 Å². The standard InChI is InChI=1S/C19H33N7O9S/c20-9(3-5-13(27)28)15(31)24-11(4-6-14(29)30)17(33)25-10(2-1-7-23-19(21)22)16(32)26-12(8-36)18(34)35/h9-12,36H,1-8,20H2,(H,24,31)(H,25,33)(H,26,32)(H,27,28)(H,29,30)(H,34,35)(H4,21,22,23). The summed E-state index contributed by atoms with van der Waals surface area (Å²) in [6.07, 6.45) is -1.37. The molecule has 17 heteroatoms. The molecule has 0 fully saturated rings. The minimum absolute atomic E-state index is 0.0367. The number of nitrogens with two attached hydrogens (primary N) is 3. The predicted molar refractivity (Wildman–Crippen MR) is 129 cm³/mol. The summed E-state index contributed by atoms with van der Waals surface area (Å²) in [7, 11) is 0. The van der Waals surface area contributed by atoms with Crippen molar-refractivity contribution in [3.05, 3.63) is 0 Å². The van der Waals surface area contributed by atoms with Crippen molar-refractivity contribution in [2.24, 2.45) is 22.2 Å². The fourth-order valence-electron chi connectivity index (χ4n) is 2.73. The molecule has 204 valence electrons. The van der Waals surface area contributed by atoms with Crippen molar-refractivity contribution in [3.63, 3.8) is 0 Å². The summed E-state index contributed by atoms with van der Waals surface area (Å²) in [5.74, 6) is -6.93. The summed E-state index contributed by atoms with van der Waals surface area (Å²) in [4.78, 5) is 74.6. The molecular weight excluding hydrogens is 502 g/mol. The summed E-state index contributed by atoms with van der Waals surface area (Å²) in [6.45, 7) is 0.0918. The highest BCUT2D eigenvalue weighted by molar-refractivity contribution is 7.80. The van der Waals surface area contributed by atoms with Crippen LogP contribution in [0.5, 0.6) is 0 Å². The first-order valence-electron chi connectivity index (χ1n) is 10.8. The zero-order chi connectivity index (χ0) is 27.8. The lowest BCUT2D eigenvalue weighted by molar-refractivity contribution is -0.141. The number of guanidine groups is 1. The molecule has 36 heavy (non-hydrogen) atoms. The number of amides is 3. The molecule has 0 aromatic heterocycles. The van der Waals surface area contributed by atoms with Crippen LogP contribution in [0.25, 0.3) is 0 Å². The van der Waals surface area contributed by atoms with Gasteiger partial charge in [-0.05, 0) is 25.7 Å². The molecule has 0 aromatic rings. The summed E-state index contributed by atoms with van der Waals surface area (Å²) in [6, 6.07) is -5.37. The molecule has 0 bridgehead atoms. The maximum absolute atomic E-state index is 12.9. The van der Waals surface area contributed by atoms with Crippen LogP contribution in [0.15, 0.2) is 4.99 Å². The van der Waals surface area contributed by atoms with Gasteiger partial charge in [-0.1, -0.05) is 0 Å². The molecule has 4 unspecified atom stereocenters. The van der Waals surface area contributed by atoms with E-state index in [9.17, 15) is 28.8 Å². The van der Waals surface area contributed by atoms with Crippen LogP contribution >= 0.6 is 12.6 Å². The predicted octanol–water partition coefficient (Wildman–Crippen LogP) is -3.43. The van der Waals surface area contributed by atoms with E-state index in [1.54, 1.807) is 0 Å². The van der Waals surface area contributed by atoms with Crippen molar-refractivity contribution < 1.29 is 44.1 Å². The van der Waals surface area contributed by atoms with E-state index >= 15 is 0 Å². The van der Waals surface area contributed by atoms with Crippen LogP contribution in [0, 0.1) is 0 Å². The van der Waals surface area contributed by atoms with Gasteiger partial charge in [0, 0.05) is 25.1 Å². The largest absolute Gasteiger partial charge is 0.481 e. The second-order valence-electron chi connectivity index (χ2n) is 7.62. The number of hydrogen-bond acceptors (Lipinski definition) is 9. The second-order valence-corrected chi connectivity index (χ2v) is 7.99. The van der Waals surface area contributed by atoms with E-state index in [1.165, 1.54) is 0 Å². The first-order chi connectivity index (χ1) is 16.8. The molecule has 16 nitrogen and oxygen atoms in total. The van der Waals surface area contributed by atoms with Gasteiger partial charge in [0.1, 0.15) is 18.1 Å². The van der Waals surface area contributed by atoms with Crippen molar-refractivity contribution in [1.82, 2.24) is 16.0 Å². The van der Waals surface area contributed by atoms with Crippen molar-refractivity contribution in [3.8, 4) is 0 Å². The Bertz CT molecular complexity index is 836. The average Bonchev–Trinajstić information content (AvgIpc) is 2.79. The Morgan fingerprint density at radius 3 is 1.69 bits per heavy atom. The summed E-state index contributed by atoms with van der Waals surface area (Å²) in [5, 5.41) is 33.7. The number of aliphatic carboxylic acids is 3. The lowest BCUT2D eigenvalue weighted by Crippen LogP contribution is -2.57. The minimum atomic E-state index is -1.43. The highest BCUT2D eigenvalue weighted by Crippen LogP contribution is 2.05. The molecule has 0 aliphatic carbocycles. The van der Waals surface area contributed by atoms with Crippen LogP contribution in [0.3, 0.4) is 0 Å². The zero-order valence-electron chi connectivity index (χ0n) is 19.4. The molecule has 0 saturated carbocycles. The molecule has 4 atom stereocenters. The number of carbonyl (C=O) groups excluding carboxylic acids is 3. The van der Waals surface area contributed by atoms with Gasteiger partial charge < -0.3 is 48.5 Å². The van der Waals surface area contributed by atoms with Crippen LogP contribution in [0.4, 0.5) is 0 Å². The van der Waals surface area contributed by atoms with Gasteiger partial charge in [-0.2, -0.15) is 12.6 Å². The van der Waals surface area contributed by atoms with Crippen LogP contribution in [0.2, 0.25) is 0 Å². The fourth-order valence-corrected chi connectivity index (χ4v) is 2.98. The third-order valence-corrected chi connectivity index (χ3v) is 5.03. The van der Waals surface area contributed by atoms with E-state index < -0.39 is 72.6 Å². The number of hydrogen-bond donors (Lipinski definition) is 10. The third kappa shape index (κ3) is 14.0. The molecule has 0 heterocycles. The molecule has 12 N–H and O–H groups in total. The van der Waals surface area contributed by atoms with E-state index in [4.69, 9.17) is 32.5 Å². The molecule has 0 spiro atoms. The highest BCUT2D eigenvalue weighted by atomic mass is 32.1. The Morgan fingerprint density at radius 1 is 0.750 bits per heavy atom. The van der Waals surface area contributed by atoms with Crippen molar-refractivity contribution in [1.29, 1.82) is 0 Å². The van der Waals surface area contributed by atoms with Crippen LogP contribution < -0.4 is 33.2 Å². The molecular formula is C19H33N7O9S. The average molecular weight is 536 g/mol. The zero-order valence-corrected chi connectivity index (χ0v) is 20.3. The van der Waals surface area contributed by atoms with Gasteiger partial charge in [-0.3, -0.25) is 29.0 Å². The first-order valence-corrected chi connectivity index (χ1v) is 11.4. The molecule has 3 amide bonds. The Hall–Kier alpha value is -3.60. The monoisotopic (exact) mass is 535 g/mol. The number of carboxylic acid groups (broad SMARTS) is 3. The Labute approximate surface area is 211 Å². The number of carboxylic acids is 3. The minimum Gasteiger partial charge on any atom is -0.481 e. The van der Waals surface area contributed by atoms with Crippen LogP contribution in [-0.2, 0) is 28.8 Å². The van der Waals surface area contributed by atoms with E-state index in [-0.39, 0.29) is 43.9 Å². The van der Waals surface area contributed by atoms with Gasteiger partial charge in [0.25, 0.3) is 0 Å². The normalized spacial score (nSPS) is 13.8. The van der Waals surface area contributed by atoms with Crippen molar-refractivity contribution in [2.75, 3.05) is 12.3 Å². The lowest BCUT2D eigenvalue weighted by atomic mass is 10.1. The van der Waals surface area contributed by atoms with Gasteiger partial charge in [-0.15, -0.1) is 0 Å². The molecule has 0 rings (SSSR count). The maximum Gasteiger partial charge on any atom is 0.327 e. The summed E-state index contributed by atoms with van der Waals surface area (Å²) >= 11 is 3.86. The van der Waals surface area contributed by atoms with Crippen molar-refractivity contribution in [2.45, 2.75) is 62.7 Å². The number of nitrogens with one attached hydrogen (secondary N) is 3. The molecule has 0 aromatic carbocycles. The quantitative estimate of drug-likeness (QED) is 0.0355. The Kier molecular flexibility index (Phi) is 15.2. The smallest absolute Gasteiger partial charge is 0.327 e. The maximum atomic E-state index is 12.9. The number of nitrogens with zero attached hydrogens (tertiary/aromatic N) is 1. The number of rotatable bonds is 18. The lowest BCUT2D eigenvalue weighted by Gasteiger charge is -2.24. The SMILES string of the molecule is NC(N)=NCCCC(NC(=O)C(CCC(=O)O)NC(=O)C(N)CCC(=O)O)C(=O)NC(CS)C(=O)O. The Balaban J connectivity index is 5.58. The van der Waals surface area contributed by atoms with Gasteiger partial charge in [0.2, 0.25) is 17.7 Å². The third-order valence-electron chi connectivity index (χ3n) is 4.66. The van der Waals surface area contributed by atoms with E-state index in [1.807, 2.05) is 0 Å². The number of thiol groups is 1. The van der Waals surface area contributed by atoms with Gasteiger partial charge >= 0.3 is 17.9 Å². The van der Waals surface area contributed by atoms with Gasteiger partial charge in [0.05, 0.1) is 6.04 Å². The Morgan fingerprint density at radius 2 is 1.22 bits per heavy atom. The molecule has 0 radical (unpaired) electrons. The number of carbonyl (C=O) groups is 6. The first kappa shape index (κ1) is 32.4. The highest BCUT2D eigenvalue weighted by Gasteiger charge is 2.30. The summed E-state index contributed by atoms with van der Waals surface area (Å²) < 4.78 is 0. The fraction of sp³-hybridized carbons (Fsp3) is 0.632. The van der Waals surface area contributed by atoms with Crippen molar-refractivity contribution >= 4 is 54.2 Å².